The van der Waals surface area contributed by atoms with Crippen molar-refractivity contribution in [2.45, 2.75) is 37.7 Å². The lowest BCUT2D eigenvalue weighted by Gasteiger charge is -2.43. The molecule has 1 saturated heterocycles. The van der Waals surface area contributed by atoms with E-state index in [1.807, 2.05) is 0 Å². The Balaban J connectivity index is 2.44. The molecule has 30 heavy (non-hydrogen) atoms. The summed E-state index contributed by atoms with van der Waals surface area (Å²) in [6, 6.07) is 0. The lowest BCUT2D eigenvalue weighted by Crippen LogP contribution is -2.42. The fraction of sp³-hybridized carbons (Fsp3) is 0.368. The lowest BCUT2D eigenvalue weighted by atomic mass is 9.69. The van der Waals surface area contributed by atoms with Gasteiger partial charge in [-0.1, -0.05) is 53.3 Å². The Kier molecular flexibility index (Phi) is 8.35. The fourth-order valence-electron chi connectivity index (χ4n) is 3.74. The number of phenolic OH excluding ortho intramolecular Hbond substituents is 2. The molecular formula is C19H14Br4Cl4O3. The first kappa shape index (κ1) is 25.7. The minimum atomic E-state index is -0.878. The molecule has 1 aliphatic heterocycles. The van der Waals surface area contributed by atoms with Crippen molar-refractivity contribution in [1.29, 1.82) is 0 Å². The van der Waals surface area contributed by atoms with E-state index >= 15 is 0 Å². The van der Waals surface area contributed by atoms with E-state index in [4.69, 9.17) is 51.1 Å². The number of phenols is 2. The first-order valence-electron chi connectivity index (χ1n) is 8.71. The van der Waals surface area contributed by atoms with Gasteiger partial charge in [0.25, 0.3) is 0 Å². The molecule has 1 heterocycles. The Morgan fingerprint density at radius 3 is 1.60 bits per heavy atom. The Morgan fingerprint density at radius 2 is 1.27 bits per heavy atom. The number of rotatable bonds is 3. The topological polar surface area (TPSA) is 49.7 Å². The highest BCUT2D eigenvalue weighted by Gasteiger charge is 2.47. The minimum absolute atomic E-state index is 0.00918. The second-order valence-electron chi connectivity index (χ2n) is 6.92. The summed E-state index contributed by atoms with van der Waals surface area (Å²) >= 11 is 40.0. The summed E-state index contributed by atoms with van der Waals surface area (Å²) in [6.07, 6.45) is 2.29. The van der Waals surface area contributed by atoms with Gasteiger partial charge in [-0.3, -0.25) is 0 Å². The maximum Gasteiger partial charge on any atom is 0.151 e. The summed E-state index contributed by atoms with van der Waals surface area (Å²) in [4.78, 5) is 0. The molecule has 1 aliphatic rings. The molecular weight excluding hydrogens is 738 g/mol. The molecule has 0 bridgehead atoms. The number of halogens is 8. The molecule has 164 valence electrons. The average molecular weight is 752 g/mol. The van der Waals surface area contributed by atoms with E-state index in [1.165, 1.54) is 0 Å². The standard InChI is InChI=1S/C19H14Br4Cl4O3/c1-2-6-3-4-19(5-30-6,7-9(20)11(22)17(28)15(26)13(7)24)8-10(21)12(23)18(29)16(27)14(8)25/h6,28-29H,2-5H2,1H3. The van der Waals surface area contributed by atoms with E-state index in [2.05, 4.69) is 70.6 Å². The van der Waals surface area contributed by atoms with Gasteiger partial charge in [-0.25, -0.2) is 0 Å². The van der Waals surface area contributed by atoms with Gasteiger partial charge < -0.3 is 14.9 Å². The molecule has 3 nitrogen and oxygen atoms in total. The largest absolute Gasteiger partial charge is 0.505 e. The highest BCUT2D eigenvalue weighted by Crippen LogP contribution is 2.58. The van der Waals surface area contributed by atoms with E-state index in [0.29, 0.717) is 35.4 Å². The first-order chi connectivity index (χ1) is 14.0. The molecule has 2 aromatic carbocycles. The van der Waals surface area contributed by atoms with Gasteiger partial charge in [0.05, 0.1) is 31.7 Å². The molecule has 1 atom stereocenters. The van der Waals surface area contributed by atoms with Gasteiger partial charge in [0, 0.05) is 25.5 Å². The summed E-state index contributed by atoms with van der Waals surface area (Å²) in [5.41, 5.74) is 0.325. The van der Waals surface area contributed by atoms with Crippen LogP contribution >= 0.6 is 110 Å². The van der Waals surface area contributed by atoms with Crippen molar-refractivity contribution < 1.29 is 14.9 Å². The van der Waals surface area contributed by atoms with Crippen molar-refractivity contribution in [3.8, 4) is 11.5 Å². The second kappa shape index (κ2) is 9.75. The number of benzene rings is 2. The molecule has 2 aromatic rings. The van der Waals surface area contributed by atoms with Crippen LogP contribution in [0, 0.1) is 0 Å². The summed E-state index contributed by atoms with van der Waals surface area (Å²) in [7, 11) is 0. The summed E-state index contributed by atoms with van der Waals surface area (Å²) in [5.74, 6) is -0.351. The second-order valence-corrected chi connectivity index (χ2v) is 11.6. The minimum Gasteiger partial charge on any atom is -0.505 e. The predicted molar refractivity (Wildman–Crippen MR) is 137 cm³/mol. The number of aromatic hydroxyl groups is 2. The van der Waals surface area contributed by atoms with Crippen LogP contribution < -0.4 is 0 Å². The van der Waals surface area contributed by atoms with Crippen molar-refractivity contribution in [1.82, 2.24) is 0 Å². The molecule has 0 aliphatic carbocycles. The van der Waals surface area contributed by atoms with Gasteiger partial charge in [-0.2, -0.15) is 0 Å². The number of hydrogen-bond acceptors (Lipinski definition) is 3. The normalized spacial score (nSPS) is 18.6. The van der Waals surface area contributed by atoms with Crippen molar-refractivity contribution in [2.24, 2.45) is 0 Å². The number of hydrogen-bond donors (Lipinski definition) is 2. The van der Waals surface area contributed by atoms with Crippen LogP contribution in [0.3, 0.4) is 0 Å². The van der Waals surface area contributed by atoms with Crippen LogP contribution in [0.4, 0.5) is 0 Å². The van der Waals surface area contributed by atoms with Crippen molar-refractivity contribution >= 4 is 110 Å². The summed E-state index contributed by atoms with van der Waals surface area (Å²) < 4.78 is 7.96. The third kappa shape index (κ3) is 4.07. The highest BCUT2D eigenvalue weighted by atomic mass is 79.9. The molecule has 0 radical (unpaired) electrons. The first-order valence-corrected chi connectivity index (χ1v) is 13.4. The van der Waals surface area contributed by atoms with Crippen LogP contribution in [0.15, 0.2) is 17.9 Å². The fourth-order valence-corrected chi connectivity index (χ4v) is 7.63. The Hall–Kier alpha value is 1.08. The maximum atomic E-state index is 10.3. The Bertz CT molecular complexity index is 894. The van der Waals surface area contributed by atoms with Crippen LogP contribution in [0.1, 0.15) is 37.3 Å². The summed E-state index contributed by atoms with van der Waals surface area (Å²) in [5, 5.41) is 21.0. The highest BCUT2D eigenvalue weighted by molar-refractivity contribution is 9.13. The van der Waals surface area contributed by atoms with Gasteiger partial charge >= 0.3 is 0 Å². The van der Waals surface area contributed by atoms with Crippen molar-refractivity contribution in [3.05, 3.63) is 49.1 Å². The van der Waals surface area contributed by atoms with Crippen LogP contribution in [-0.2, 0) is 10.2 Å². The quantitative estimate of drug-likeness (QED) is 0.308. The zero-order valence-electron chi connectivity index (χ0n) is 15.2. The van der Waals surface area contributed by atoms with Crippen LogP contribution in [0.2, 0.25) is 20.1 Å². The van der Waals surface area contributed by atoms with E-state index in [1.54, 1.807) is 0 Å². The molecule has 0 saturated carbocycles. The molecule has 1 unspecified atom stereocenters. The molecule has 11 heteroatoms. The predicted octanol–water partition coefficient (Wildman–Crippen LogP) is 9.64. The van der Waals surface area contributed by atoms with Gasteiger partial charge in [-0.05, 0) is 83.0 Å². The maximum absolute atomic E-state index is 10.3. The Morgan fingerprint density at radius 1 is 0.833 bits per heavy atom. The SMILES string of the molecule is CCC1CCC(c2c(Cl)c(Cl)c(O)c(Br)c2Br)(c2c(Cl)c(Cl)c(O)c(Br)c2Br)CO1. The third-order valence-electron chi connectivity index (χ3n) is 5.35. The van der Waals surface area contributed by atoms with Crippen molar-refractivity contribution in [3.63, 3.8) is 0 Å². The Labute approximate surface area is 227 Å². The molecule has 0 amide bonds. The van der Waals surface area contributed by atoms with Gasteiger partial charge in [0.1, 0.15) is 10.0 Å². The molecule has 0 spiro atoms. The zero-order chi connectivity index (χ0) is 22.5. The van der Waals surface area contributed by atoms with Crippen LogP contribution in [0.25, 0.3) is 0 Å². The van der Waals surface area contributed by atoms with E-state index < -0.39 is 5.41 Å². The van der Waals surface area contributed by atoms with E-state index in [-0.39, 0.29) is 44.3 Å². The van der Waals surface area contributed by atoms with Gasteiger partial charge in [0.2, 0.25) is 0 Å². The van der Waals surface area contributed by atoms with E-state index in [9.17, 15) is 10.2 Å². The van der Waals surface area contributed by atoms with Gasteiger partial charge in [0.15, 0.2) is 11.5 Å². The average Bonchev–Trinajstić information content (AvgIpc) is 2.74. The number of ether oxygens (including phenoxy) is 1. The molecule has 1 fully saturated rings. The monoisotopic (exact) mass is 746 g/mol. The third-order valence-corrected chi connectivity index (χ3v) is 11.2. The van der Waals surface area contributed by atoms with Crippen LogP contribution in [-0.4, -0.2) is 22.9 Å². The zero-order valence-corrected chi connectivity index (χ0v) is 24.6. The van der Waals surface area contributed by atoms with Crippen molar-refractivity contribution in [2.75, 3.05) is 6.61 Å². The van der Waals surface area contributed by atoms with Gasteiger partial charge in [-0.15, -0.1) is 0 Å². The summed E-state index contributed by atoms with van der Waals surface area (Å²) in [6.45, 7) is 2.30. The lowest BCUT2D eigenvalue weighted by molar-refractivity contribution is -0.0207. The van der Waals surface area contributed by atoms with Crippen LogP contribution in [0.5, 0.6) is 11.5 Å². The molecule has 2 N–H and O–H groups in total. The molecule has 0 aromatic heterocycles. The van der Waals surface area contributed by atoms with E-state index in [0.717, 1.165) is 12.8 Å². The molecule has 3 rings (SSSR count). The smallest absolute Gasteiger partial charge is 0.151 e.